The van der Waals surface area contributed by atoms with Gasteiger partial charge in [0.25, 0.3) is 0 Å². The van der Waals surface area contributed by atoms with Crippen molar-refractivity contribution in [1.29, 1.82) is 0 Å². The van der Waals surface area contributed by atoms with Crippen molar-refractivity contribution < 1.29 is 4.74 Å². The van der Waals surface area contributed by atoms with Crippen molar-refractivity contribution in [2.75, 3.05) is 19.0 Å². The van der Waals surface area contributed by atoms with E-state index in [9.17, 15) is 0 Å². The summed E-state index contributed by atoms with van der Waals surface area (Å²) in [5.41, 5.74) is 5.30. The Balaban J connectivity index is 1.86. The zero-order valence-electron chi connectivity index (χ0n) is 11.8. The van der Waals surface area contributed by atoms with Gasteiger partial charge in [0.15, 0.2) is 5.65 Å². The number of methoxy groups -OCH3 is 1. The minimum Gasteiger partial charge on any atom is -0.481 e. The summed E-state index contributed by atoms with van der Waals surface area (Å²) < 4.78 is 5.15. The molecule has 4 rings (SSSR count). The Hall–Kier alpha value is -2.56. The first-order chi connectivity index (χ1) is 10.3. The number of pyridine rings is 1. The Bertz CT molecular complexity index is 809. The number of rotatable bonds is 2. The summed E-state index contributed by atoms with van der Waals surface area (Å²) in [4.78, 5) is 12.4. The minimum atomic E-state index is 0.581. The van der Waals surface area contributed by atoms with E-state index in [-0.39, 0.29) is 0 Å². The van der Waals surface area contributed by atoms with Crippen LogP contribution in [0.4, 0.5) is 5.69 Å². The summed E-state index contributed by atoms with van der Waals surface area (Å²) in [7, 11) is 1.61. The molecule has 106 valence electrons. The standard InChI is InChI=1S/C16H16N4O/c1-21-14-8-7-13-16(19-14)20-15(18-13)11-4-2-6-12-10(11)5-3-9-17-12/h2,4,6-8,17H,3,5,9H2,1H3,(H,18,19,20). The summed E-state index contributed by atoms with van der Waals surface area (Å²) in [5.74, 6) is 1.45. The van der Waals surface area contributed by atoms with Crippen LogP contribution in [-0.4, -0.2) is 28.6 Å². The van der Waals surface area contributed by atoms with Crippen LogP contribution in [0.2, 0.25) is 0 Å². The van der Waals surface area contributed by atoms with Crippen LogP contribution in [0.15, 0.2) is 30.3 Å². The number of aromatic nitrogens is 3. The van der Waals surface area contributed by atoms with Crippen molar-refractivity contribution in [3.8, 4) is 17.3 Å². The lowest BCUT2D eigenvalue weighted by Gasteiger charge is -2.20. The monoisotopic (exact) mass is 280 g/mol. The first kappa shape index (κ1) is 12.2. The highest BCUT2D eigenvalue weighted by Gasteiger charge is 2.16. The fourth-order valence-corrected chi connectivity index (χ4v) is 2.85. The molecule has 5 nitrogen and oxygen atoms in total. The van der Waals surface area contributed by atoms with E-state index in [1.807, 2.05) is 12.1 Å². The first-order valence-corrected chi connectivity index (χ1v) is 7.12. The number of benzene rings is 1. The number of ether oxygens (including phenoxy) is 1. The van der Waals surface area contributed by atoms with Crippen LogP contribution in [0.1, 0.15) is 12.0 Å². The Morgan fingerprint density at radius 2 is 2.10 bits per heavy atom. The molecule has 0 atom stereocenters. The summed E-state index contributed by atoms with van der Waals surface area (Å²) >= 11 is 0. The third-order valence-electron chi connectivity index (χ3n) is 3.88. The molecule has 0 amide bonds. The van der Waals surface area contributed by atoms with E-state index in [0.717, 1.165) is 36.3 Å². The SMILES string of the molecule is COc1ccc2[nH]c(-c3cccc4c3CCCN4)nc2n1. The molecule has 2 aromatic heterocycles. The molecule has 21 heavy (non-hydrogen) atoms. The van der Waals surface area contributed by atoms with Gasteiger partial charge in [0, 0.05) is 23.9 Å². The molecule has 1 aliphatic rings. The third-order valence-corrected chi connectivity index (χ3v) is 3.88. The molecule has 1 aliphatic heterocycles. The van der Waals surface area contributed by atoms with Gasteiger partial charge in [0.1, 0.15) is 5.82 Å². The fourth-order valence-electron chi connectivity index (χ4n) is 2.85. The van der Waals surface area contributed by atoms with Crippen molar-refractivity contribution in [1.82, 2.24) is 15.0 Å². The number of imidazole rings is 1. The van der Waals surface area contributed by atoms with Crippen LogP contribution < -0.4 is 10.1 Å². The Morgan fingerprint density at radius 1 is 1.14 bits per heavy atom. The molecule has 3 heterocycles. The maximum absolute atomic E-state index is 5.15. The van der Waals surface area contributed by atoms with Gasteiger partial charge in [-0.05, 0) is 30.5 Å². The Labute approximate surface area is 122 Å². The van der Waals surface area contributed by atoms with Crippen LogP contribution >= 0.6 is 0 Å². The van der Waals surface area contributed by atoms with E-state index in [2.05, 4.69) is 38.5 Å². The van der Waals surface area contributed by atoms with Crippen LogP contribution in [0.3, 0.4) is 0 Å². The van der Waals surface area contributed by atoms with Gasteiger partial charge < -0.3 is 15.0 Å². The summed E-state index contributed by atoms with van der Waals surface area (Å²) in [5, 5.41) is 3.45. The molecule has 2 N–H and O–H groups in total. The number of hydrogen-bond donors (Lipinski definition) is 2. The highest BCUT2D eigenvalue weighted by Crippen LogP contribution is 2.32. The van der Waals surface area contributed by atoms with Gasteiger partial charge >= 0.3 is 0 Å². The highest BCUT2D eigenvalue weighted by atomic mass is 16.5. The normalized spacial score (nSPS) is 13.8. The molecule has 0 saturated carbocycles. The molecule has 0 saturated heterocycles. The number of nitrogens with one attached hydrogen (secondary N) is 2. The van der Waals surface area contributed by atoms with E-state index in [0.29, 0.717) is 11.5 Å². The van der Waals surface area contributed by atoms with Crippen molar-refractivity contribution in [3.05, 3.63) is 35.9 Å². The molecular weight excluding hydrogens is 264 g/mol. The topological polar surface area (TPSA) is 62.8 Å². The van der Waals surface area contributed by atoms with Crippen molar-refractivity contribution in [3.63, 3.8) is 0 Å². The van der Waals surface area contributed by atoms with Crippen LogP contribution in [-0.2, 0) is 6.42 Å². The number of anilines is 1. The van der Waals surface area contributed by atoms with Gasteiger partial charge in [-0.1, -0.05) is 12.1 Å². The number of hydrogen-bond acceptors (Lipinski definition) is 4. The Morgan fingerprint density at radius 3 is 3.00 bits per heavy atom. The lowest BCUT2D eigenvalue weighted by molar-refractivity contribution is 0.399. The van der Waals surface area contributed by atoms with E-state index in [4.69, 9.17) is 4.74 Å². The molecule has 3 aromatic rings. The molecule has 0 aliphatic carbocycles. The van der Waals surface area contributed by atoms with Gasteiger partial charge in [-0.2, -0.15) is 4.98 Å². The van der Waals surface area contributed by atoms with E-state index < -0.39 is 0 Å². The van der Waals surface area contributed by atoms with E-state index >= 15 is 0 Å². The van der Waals surface area contributed by atoms with E-state index in [1.165, 1.54) is 11.3 Å². The fraction of sp³-hybridized carbons (Fsp3) is 0.250. The number of fused-ring (bicyclic) bond motifs is 2. The summed E-state index contributed by atoms with van der Waals surface area (Å²) in [6, 6.07) is 10.1. The quantitative estimate of drug-likeness (QED) is 0.757. The smallest absolute Gasteiger partial charge is 0.215 e. The minimum absolute atomic E-state index is 0.581. The highest BCUT2D eigenvalue weighted by molar-refractivity contribution is 5.79. The lowest BCUT2D eigenvalue weighted by Crippen LogP contribution is -2.12. The van der Waals surface area contributed by atoms with Gasteiger partial charge in [-0.25, -0.2) is 4.98 Å². The number of H-pyrrole nitrogens is 1. The predicted molar refractivity (Wildman–Crippen MR) is 82.7 cm³/mol. The maximum Gasteiger partial charge on any atom is 0.215 e. The second-order valence-corrected chi connectivity index (χ2v) is 5.17. The van der Waals surface area contributed by atoms with Crippen molar-refractivity contribution >= 4 is 16.9 Å². The molecule has 0 bridgehead atoms. The molecule has 5 heteroatoms. The van der Waals surface area contributed by atoms with Gasteiger partial charge in [-0.3, -0.25) is 0 Å². The van der Waals surface area contributed by atoms with Crippen LogP contribution in [0.25, 0.3) is 22.6 Å². The molecule has 0 radical (unpaired) electrons. The molecule has 0 spiro atoms. The maximum atomic E-state index is 5.15. The number of nitrogens with zero attached hydrogens (tertiary/aromatic N) is 2. The second-order valence-electron chi connectivity index (χ2n) is 5.17. The third kappa shape index (κ3) is 2.01. The summed E-state index contributed by atoms with van der Waals surface area (Å²) in [6.07, 6.45) is 2.22. The zero-order chi connectivity index (χ0) is 14.2. The Kier molecular flexibility index (Phi) is 2.77. The number of aromatic amines is 1. The van der Waals surface area contributed by atoms with Crippen molar-refractivity contribution in [2.24, 2.45) is 0 Å². The van der Waals surface area contributed by atoms with Crippen LogP contribution in [0.5, 0.6) is 5.88 Å². The molecule has 1 aromatic carbocycles. The van der Waals surface area contributed by atoms with Gasteiger partial charge in [0.2, 0.25) is 5.88 Å². The van der Waals surface area contributed by atoms with Crippen LogP contribution in [0, 0.1) is 0 Å². The molecule has 0 fully saturated rings. The average molecular weight is 280 g/mol. The average Bonchev–Trinajstić information content (AvgIpc) is 2.97. The lowest BCUT2D eigenvalue weighted by atomic mass is 9.97. The van der Waals surface area contributed by atoms with Crippen molar-refractivity contribution in [2.45, 2.75) is 12.8 Å². The first-order valence-electron chi connectivity index (χ1n) is 7.12. The van der Waals surface area contributed by atoms with E-state index in [1.54, 1.807) is 7.11 Å². The van der Waals surface area contributed by atoms with Gasteiger partial charge in [-0.15, -0.1) is 0 Å². The summed E-state index contributed by atoms with van der Waals surface area (Å²) in [6.45, 7) is 1.04. The largest absolute Gasteiger partial charge is 0.481 e. The molecule has 0 unspecified atom stereocenters. The molecular formula is C16H16N4O. The second kappa shape index (κ2) is 4.77. The predicted octanol–water partition coefficient (Wildman–Crippen LogP) is 2.99. The van der Waals surface area contributed by atoms with Gasteiger partial charge in [0.05, 0.1) is 12.6 Å². The zero-order valence-corrected chi connectivity index (χ0v) is 11.8.